The van der Waals surface area contributed by atoms with E-state index in [-0.39, 0.29) is 37.2 Å². The molecular formula is C28H37N5O8. The number of phenolic OH excluding ortho intramolecular Hbond substituents is 2. The number of phenols is 2. The van der Waals surface area contributed by atoms with E-state index in [1.807, 2.05) is 0 Å². The van der Waals surface area contributed by atoms with Crippen LogP contribution in [-0.4, -0.2) is 69.1 Å². The quantitative estimate of drug-likeness (QED) is 0.140. The number of aliphatic carboxylic acids is 1. The lowest BCUT2D eigenvalue weighted by Gasteiger charge is -2.27. The molecule has 0 saturated carbocycles. The van der Waals surface area contributed by atoms with Crippen LogP contribution < -0.4 is 27.4 Å². The first-order chi connectivity index (χ1) is 19.3. The van der Waals surface area contributed by atoms with Crippen LogP contribution in [0.15, 0.2) is 48.5 Å². The Balaban J connectivity index is 2.20. The van der Waals surface area contributed by atoms with Crippen molar-refractivity contribution in [2.24, 2.45) is 17.4 Å². The van der Waals surface area contributed by atoms with Gasteiger partial charge in [0.05, 0.1) is 6.04 Å². The molecule has 0 fully saturated rings. The number of carboxylic acids is 1. The summed E-state index contributed by atoms with van der Waals surface area (Å²) in [6.45, 7) is 3.38. The van der Waals surface area contributed by atoms with Gasteiger partial charge in [0, 0.05) is 12.8 Å². The molecule has 0 bridgehead atoms. The van der Waals surface area contributed by atoms with Crippen LogP contribution in [0.5, 0.6) is 11.5 Å². The highest BCUT2D eigenvalue weighted by Crippen LogP contribution is 2.14. The van der Waals surface area contributed by atoms with Gasteiger partial charge in [-0.1, -0.05) is 38.1 Å². The zero-order valence-electron chi connectivity index (χ0n) is 22.9. The Labute approximate surface area is 237 Å². The van der Waals surface area contributed by atoms with E-state index in [2.05, 4.69) is 16.0 Å². The summed E-state index contributed by atoms with van der Waals surface area (Å²) in [7, 11) is 0. The molecule has 4 atom stereocenters. The summed E-state index contributed by atoms with van der Waals surface area (Å²) in [5.74, 6) is -4.63. The summed E-state index contributed by atoms with van der Waals surface area (Å²) in [4.78, 5) is 62.2. The fourth-order valence-corrected chi connectivity index (χ4v) is 3.93. The van der Waals surface area contributed by atoms with E-state index < -0.39 is 59.7 Å². The Morgan fingerprint density at radius 2 is 1.22 bits per heavy atom. The lowest BCUT2D eigenvalue weighted by molar-refractivity contribution is -0.142. The number of primary amides is 1. The van der Waals surface area contributed by atoms with Gasteiger partial charge in [0.1, 0.15) is 29.6 Å². The molecule has 0 radical (unpaired) electrons. The Bertz CT molecular complexity index is 1220. The number of aromatic hydroxyl groups is 2. The molecule has 222 valence electrons. The van der Waals surface area contributed by atoms with Crippen molar-refractivity contribution in [1.82, 2.24) is 16.0 Å². The molecule has 13 nitrogen and oxygen atoms in total. The number of amides is 4. The van der Waals surface area contributed by atoms with E-state index in [4.69, 9.17) is 11.5 Å². The third kappa shape index (κ3) is 10.8. The Hall–Kier alpha value is -4.65. The van der Waals surface area contributed by atoms with E-state index in [1.54, 1.807) is 26.0 Å². The van der Waals surface area contributed by atoms with Crippen LogP contribution in [0.2, 0.25) is 0 Å². The minimum Gasteiger partial charge on any atom is -0.508 e. The van der Waals surface area contributed by atoms with Gasteiger partial charge >= 0.3 is 5.97 Å². The number of nitrogens with one attached hydrogen (secondary N) is 3. The summed E-state index contributed by atoms with van der Waals surface area (Å²) >= 11 is 0. The van der Waals surface area contributed by atoms with Crippen LogP contribution in [0.4, 0.5) is 0 Å². The zero-order valence-corrected chi connectivity index (χ0v) is 22.9. The lowest BCUT2D eigenvalue weighted by atomic mass is 9.99. The Morgan fingerprint density at radius 1 is 0.732 bits per heavy atom. The number of carbonyl (C=O) groups excluding carboxylic acids is 4. The van der Waals surface area contributed by atoms with Crippen LogP contribution in [0.3, 0.4) is 0 Å². The van der Waals surface area contributed by atoms with Gasteiger partial charge in [-0.15, -0.1) is 0 Å². The maximum atomic E-state index is 13.3. The number of nitrogens with two attached hydrogens (primary N) is 2. The molecule has 13 heteroatoms. The molecule has 2 rings (SSSR count). The fraction of sp³-hybridized carbons (Fsp3) is 0.393. The SMILES string of the molecule is CC(C)C(NC(=O)C(N)Cc1ccc(O)cc1)C(=O)NC(Cc1ccc(O)cc1)C(=O)NC(CCC(N)=O)C(=O)O. The molecule has 0 saturated heterocycles. The van der Waals surface area contributed by atoms with Crippen LogP contribution >= 0.6 is 0 Å². The predicted octanol–water partition coefficient (Wildman–Crippen LogP) is -0.329. The van der Waals surface area contributed by atoms with Crippen molar-refractivity contribution in [3.05, 3.63) is 59.7 Å². The first-order valence-electron chi connectivity index (χ1n) is 13.0. The largest absolute Gasteiger partial charge is 0.508 e. The van der Waals surface area contributed by atoms with E-state index in [0.717, 1.165) is 0 Å². The smallest absolute Gasteiger partial charge is 0.326 e. The van der Waals surface area contributed by atoms with Gasteiger partial charge in [0.15, 0.2) is 0 Å². The van der Waals surface area contributed by atoms with Crippen molar-refractivity contribution in [3.63, 3.8) is 0 Å². The molecule has 41 heavy (non-hydrogen) atoms. The van der Waals surface area contributed by atoms with Crippen LogP contribution in [-0.2, 0) is 36.8 Å². The molecule has 4 amide bonds. The van der Waals surface area contributed by atoms with Crippen molar-refractivity contribution < 1.29 is 39.3 Å². The van der Waals surface area contributed by atoms with Crippen molar-refractivity contribution in [2.75, 3.05) is 0 Å². The van der Waals surface area contributed by atoms with Crippen LogP contribution in [0, 0.1) is 5.92 Å². The normalized spacial score (nSPS) is 13.9. The number of carboxylic acid groups (broad SMARTS) is 1. The van der Waals surface area contributed by atoms with Crippen LogP contribution in [0.1, 0.15) is 37.8 Å². The average molecular weight is 572 g/mol. The summed E-state index contributed by atoms with van der Waals surface area (Å²) in [5, 5.41) is 36.1. The summed E-state index contributed by atoms with van der Waals surface area (Å²) < 4.78 is 0. The second-order valence-corrected chi connectivity index (χ2v) is 10.0. The van der Waals surface area contributed by atoms with Crippen molar-refractivity contribution in [2.45, 2.75) is 63.7 Å². The molecule has 0 aliphatic carbocycles. The van der Waals surface area contributed by atoms with E-state index in [1.165, 1.54) is 36.4 Å². The average Bonchev–Trinajstić information content (AvgIpc) is 2.90. The lowest BCUT2D eigenvalue weighted by Crippen LogP contribution is -2.59. The fourth-order valence-electron chi connectivity index (χ4n) is 3.93. The maximum Gasteiger partial charge on any atom is 0.326 e. The van der Waals surface area contributed by atoms with Gasteiger partial charge in [-0.25, -0.2) is 4.79 Å². The third-order valence-electron chi connectivity index (χ3n) is 6.28. The number of hydrogen-bond donors (Lipinski definition) is 8. The third-order valence-corrected chi connectivity index (χ3v) is 6.28. The molecule has 10 N–H and O–H groups in total. The van der Waals surface area contributed by atoms with E-state index >= 15 is 0 Å². The van der Waals surface area contributed by atoms with Gasteiger partial charge in [-0.05, 0) is 54.2 Å². The van der Waals surface area contributed by atoms with E-state index in [0.29, 0.717) is 11.1 Å². The molecule has 0 aliphatic heterocycles. The number of carbonyl (C=O) groups is 5. The minimum atomic E-state index is -1.44. The molecule has 0 heterocycles. The molecule has 0 aromatic heterocycles. The van der Waals surface area contributed by atoms with Gasteiger partial charge in [-0.2, -0.15) is 0 Å². The number of hydrogen-bond acceptors (Lipinski definition) is 8. The first-order valence-corrected chi connectivity index (χ1v) is 13.0. The summed E-state index contributed by atoms with van der Waals surface area (Å²) in [6, 6.07) is 7.22. The Morgan fingerprint density at radius 3 is 1.68 bits per heavy atom. The maximum absolute atomic E-state index is 13.3. The molecular weight excluding hydrogens is 534 g/mol. The predicted molar refractivity (Wildman–Crippen MR) is 148 cm³/mol. The van der Waals surface area contributed by atoms with Crippen LogP contribution in [0.25, 0.3) is 0 Å². The van der Waals surface area contributed by atoms with E-state index in [9.17, 15) is 39.3 Å². The highest BCUT2D eigenvalue weighted by Gasteiger charge is 2.32. The standard InChI is InChI=1S/C28H37N5O8/c1-15(2)24(33-25(37)20(29)13-16-3-7-18(34)8-4-16)27(39)32-22(14-17-5-9-19(35)10-6-17)26(38)31-21(28(40)41)11-12-23(30)36/h3-10,15,20-22,24,34-35H,11-14,29H2,1-2H3,(H2,30,36)(H,31,38)(H,32,39)(H,33,37)(H,40,41). The molecule has 0 spiro atoms. The number of rotatable bonds is 15. The molecule has 2 aromatic rings. The second kappa shape index (κ2) is 15.2. The van der Waals surface area contributed by atoms with Gasteiger partial charge in [0.25, 0.3) is 0 Å². The Kier molecular flexibility index (Phi) is 12.1. The first kappa shape index (κ1) is 32.6. The van der Waals surface area contributed by atoms with Gasteiger partial charge in [-0.3, -0.25) is 19.2 Å². The summed E-state index contributed by atoms with van der Waals surface area (Å²) in [5.41, 5.74) is 12.4. The topological polar surface area (TPSA) is 234 Å². The molecule has 4 unspecified atom stereocenters. The molecule has 0 aliphatic rings. The minimum absolute atomic E-state index is 0.0117. The van der Waals surface area contributed by atoms with Gasteiger partial charge < -0.3 is 42.7 Å². The van der Waals surface area contributed by atoms with Crippen molar-refractivity contribution in [1.29, 1.82) is 0 Å². The second-order valence-electron chi connectivity index (χ2n) is 10.0. The highest BCUT2D eigenvalue weighted by atomic mass is 16.4. The van der Waals surface area contributed by atoms with Crippen molar-refractivity contribution >= 4 is 29.6 Å². The number of benzene rings is 2. The highest BCUT2D eigenvalue weighted by molar-refractivity contribution is 5.94. The zero-order chi connectivity index (χ0) is 30.7. The monoisotopic (exact) mass is 571 g/mol. The molecule has 2 aromatic carbocycles. The summed E-state index contributed by atoms with van der Waals surface area (Å²) in [6.07, 6.45) is -0.455. The van der Waals surface area contributed by atoms with Gasteiger partial charge in [0.2, 0.25) is 23.6 Å². The van der Waals surface area contributed by atoms with Crippen molar-refractivity contribution in [3.8, 4) is 11.5 Å².